The normalized spacial score (nSPS) is 12.1. The molecule has 0 bridgehead atoms. The van der Waals surface area contributed by atoms with Crippen LogP contribution in [0.15, 0.2) is 24.3 Å². The van der Waals surface area contributed by atoms with Crippen molar-refractivity contribution in [3.05, 3.63) is 39.9 Å². The molecule has 1 aromatic rings. The molecule has 5 heteroatoms. The molecular formula is C12H16N2O3. The molecule has 0 saturated carbocycles. The van der Waals surface area contributed by atoms with Gasteiger partial charge in [0.2, 0.25) is 0 Å². The van der Waals surface area contributed by atoms with Crippen LogP contribution in [0.1, 0.15) is 31.2 Å². The third kappa shape index (κ3) is 3.64. The SMILES string of the molecule is CC(=O)C(CCCN)c1ccc([N+](=O)[O-])cc1. The first-order valence-corrected chi connectivity index (χ1v) is 5.51. The minimum absolute atomic E-state index is 0.0369. The number of benzene rings is 1. The van der Waals surface area contributed by atoms with Gasteiger partial charge in [-0.1, -0.05) is 12.1 Å². The van der Waals surface area contributed by atoms with E-state index in [1.54, 1.807) is 12.1 Å². The fourth-order valence-electron chi connectivity index (χ4n) is 1.75. The molecule has 0 aromatic heterocycles. The third-order valence-electron chi connectivity index (χ3n) is 2.69. The van der Waals surface area contributed by atoms with Crippen molar-refractivity contribution in [2.75, 3.05) is 6.54 Å². The molecule has 1 atom stereocenters. The maximum Gasteiger partial charge on any atom is 0.269 e. The second kappa shape index (κ2) is 6.10. The predicted octanol–water partition coefficient (Wildman–Crippen LogP) is 2.01. The summed E-state index contributed by atoms with van der Waals surface area (Å²) < 4.78 is 0. The van der Waals surface area contributed by atoms with Gasteiger partial charge in [0.05, 0.1) is 4.92 Å². The quantitative estimate of drug-likeness (QED) is 0.604. The lowest BCUT2D eigenvalue weighted by Gasteiger charge is -2.13. The monoisotopic (exact) mass is 236 g/mol. The molecule has 0 aliphatic rings. The van der Waals surface area contributed by atoms with Gasteiger partial charge in [-0.25, -0.2) is 0 Å². The van der Waals surface area contributed by atoms with Gasteiger partial charge in [0.1, 0.15) is 5.78 Å². The number of nitrogens with zero attached hydrogens (tertiary/aromatic N) is 1. The van der Waals surface area contributed by atoms with E-state index in [1.807, 2.05) is 0 Å². The molecule has 0 spiro atoms. The molecule has 0 fully saturated rings. The molecule has 1 unspecified atom stereocenters. The van der Waals surface area contributed by atoms with Gasteiger partial charge in [0, 0.05) is 18.1 Å². The lowest BCUT2D eigenvalue weighted by atomic mass is 9.91. The number of nitro benzene ring substituents is 1. The first kappa shape index (κ1) is 13.3. The second-order valence-electron chi connectivity index (χ2n) is 3.94. The van der Waals surface area contributed by atoms with E-state index in [1.165, 1.54) is 19.1 Å². The molecule has 0 aliphatic heterocycles. The van der Waals surface area contributed by atoms with E-state index in [0.717, 1.165) is 12.0 Å². The molecule has 5 nitrogen and oxygen atoms in total. The Balaban J connectivity index is 2.87. The number of Topliss-reactive ketones (excluding diaryl/α,β-unsaturated/α-hetero) is 1. The van der Waals surface area contributed by atoms with Crippen LogP contribution in [0.25, 0.3) is 0 Å². The lowest BCUT2D eigenvalue weighted by molar-refractivity contribution is -0.384. The van der Waals surface area contributed by atoms with E-state index in [9.17, 15) is 14.9 Å². The van der Waals surface area contributed by atoms with Crippen molar-refractivity contribution in [3.63, 3.8) is 0 Å². The summed E-state index contributed by atoms with van der Waals surface area (Å²) in [5.74, 6) is -0.147. The Morgan fingerprint density at radius 1 is 1.41 bits per heavy atom. The third-order valence-corrected chi connectivity index (χ3v) is 2.69. The number of non-ortho nitro benzene ring substituents is 1. The van der Waals surface area contributed by atoms with Crippen LogP contribution in [0.2, 0.25) is 0 Å². The zero-order valence-electron chi connectivity index (χ0n) is 9.76. The van der Waals surface area contributed by atoms with Crippen molar-refractivity contribution in [1.29, 1.82) is 0 Å². The maximum atomic E-state index is 11.5. The Kier molecular flexibility index (Phi) is 4.78. The average Bonchev–Trinajstić information content (AvgIpc) is 2.29. The van der Waals surface area contributed by atoms with Gasteiger partial charge in [-0.2, -0.15) is 0 Å². The summed E-state index contributed by atoms with van der Waals surface area (Å²) in [7, 11) is 0. The zero-order valence-corrected chi connectivity index (χ0v) is 9.76. The van der Waals surface area contributed by atoms with Gasteiger partial charge in [-0.15, -0.1) is 0 Å². The molecule has 0 saturated heterocycles. The number of rotatable bonds is 6. The van der Waals surface area contributed by atoms with Crippen LogP contribution in [0.3, 0.4) is 0 Å². The predicted molar refractivity (Wildman–Crippen MR) is 64.8 cm³/mol. The van der Waals surface area contributed by atoms with Crippen LogP contribution in [0, 0.1) is 10.1 Å². The van der Waals surface area contributed by atoms with Gasteiger partial charge in [0.15, 0.2) is 0 Å². The zero-order chi connectivity index (χ0) is 12.8. The lowest BCUT2D eigenvalue weighted by Crippen LogP contribution is -2.11. The van der Waals surface area contributed by atoms with E-state index < -0.39 is 4.92 Å². The Hall–Kier alpha value is -1.75. The van der Waals surface area contributed by atoms with Crippen LogP contribution < -0.4 is 5.73 Å². The highest BCUT2D eigenvalue weighted by atomic mass is 16.6. The topological polar surface area (TPSA) is 86.2 Å². The minimum atomic E-state index is -0.452. The fraction of sp³-hybridized carbons (Fsp3) is 0.417. The molecule has 92 valence electrons. The van der Waals surface area contributed by atoms with Crippen LogP contribution in [-0.2, 0) is 4.79 Å². The number of carbonyl (C=O) groups is 1. The average molecular weight is 236 g/mol. The maximum absolute atomic E-state index is 11.5. The smallest absolute Gasteiger partial charge is 0.269 e. The summed E-state index contributed by atoms with van der Waals surface area (Å²) in [6, 6.07) is 6.13. The molecule has 0 aliphatic carbocycles. The highest BCUT2D eigenvalue weighted by Crippen LogP contribution is 2.24. The Morgan fingerprint density at radius 2 is 2.00 bits per heavy atom. The van der Waals surface area contributed by atoms with Crippen molar-refractivity contribution in [1.82, 2.24) is 0 Å². The van der Waals surface area contributed by atoms with Crippen LogP contribution >= 0.6 is 0 Å². The van der Waals surface area contributed by atoms with Gasteiger partial charge in [-0.3, -0.25) is 14.9 Å². The minimum Gasteiger partial charge on any atom is -0.330 e. The molecule has 0 amide bonds. The van der Waals surface area contributed by atoms with Crippen molar-refractivity contribution >= 4 is 11.5 Å². The summed E-state index contributed by atoms with van der Waals surface area (Å²) in [6.45, 7) is 2.07. The molecule has 1 rings (SSSR count). The fourth-order valence-corrected chi connectivity index (χ4v) is 1.75. The van der Waals surface area contributed by atoms with Crippen molar-refractivity contribution in [2.24, 2.45) is 5.73 Å². The summed E-state index contributed by atoms with van der Waals surface area (Å²) in [5, 5.41) is 10.5. The number of ketones is 1. The number of nitrogens with two attached hydrogens (primary N) is 1. The van der Waals surface area contributed by atoms with E-state index in [0.29, 0.717) is 13.0 Å². The van der Waals surface area contributed by atoms with E-state index in [-0.39, 0.29) is 17.4 Å². The van der Waals surface area contributed by atoms with E-state index in [4.69, 9.17) is 5.73 Å². The first-order chi connectivity index (χ1) is 8.06. The van der Waals surface area contributed by atoms with Gasteiger partial charge < -0.3 is 5.73 Å². The van der Waals surface area contributed by atoms with Gasteiger partial charge >= 0.3 is 0 Å². The van der Waals surface area contributed by atoms with Crippen LogP contribution in [0.4, 0.5) is 5.69 Å². The number of hydrogen-bond acceptors (Lipinski definition) is 4. The number of nitro groups is 1. The van der Waals surface area contributed by atoms with Crippen LogP contribution in [0.5, 0.6) is 0 Å². The summed E-state index contributed by atoms with van der Waals surface area (Å²) in [5.41, 5.74) is 6.27. The van der Waals surface area contributed by atoms with E-state index in [2.05, 4.69) is 0 Å². The van der Waals surface area contributed by atoms with Crippen molar-refractivity contribution < 1.29 is 9.72 Å². The second-order valence-corrected chi connectivity index (χ2v) is 3.94. The Morgan fingerprint density at radius 3 is 2.41 bits per heavy atom. The molecule has 17 heavy (non-hydrogen) atoms. The molecule has 2 N–H and O–H groups in total. The summed E-state index contributed by atoms with van der Waals surface area (Å²) in [6.07, 6.45) is 1.45. The van der Waals surface area contributed by atoms with E-state index >= 15 is 0 Å². The van der Waals surface area contributed by atoms with Gasteiger partial charge in [-0.05, 0) is 31.9 Å². The van der Waals surface area contributed by atoms with Crippen molar-refractivity contribution in [3.8, 4) is 0 Å². The molecular weight excluding hydrogens is 220 g/mol. The summed E-state index contributed by atoms with van der Waals surface area (Å²) >= 11 is 0. The Labute approximate surface area is 99.8 Å². The highest BCUT2D eigenvalue weighted by molar-refractivity contribution is 5.83. The van der Waals surface area contributed by atoms with Crippen LogP contribution in [-0.4, -0.2) is 17.3 Å². The highest BCUT2D eigenvalue weighted by Gasteiger charge is 2.17. The largest absolute Gasteiger partial charge is 0.330 e. The standard InChI is InChI=1S/C12H16N2O3/c1-9(15)12(3-2-8-13)10-4-6-11(7-5-10)14(16)17/h4-7,12H,2-3,8,13H2,1H3. The molecule has 0 heterocycles. The van der Waals surface area contributed by atoms with Gasteiger partial charge in [0.25, 0.3) is 5.69 Å². The number of hydrogen-bond donors (Lipinski definition) is 1. The molecule has 0 radical (unpaired) electrons. The summed E-state index contributed by atoms with van der Waals surface area (Å²) in [4.78, 5) is 21.6. The number of carbonyl (C=O) groups excluding carboxylic acids is 1. The molecule has 1 aromatic carbocycles. The first-order valence-electron chi connectivity index (χ1n) is 5.51. The van der Waals surface area contributed by atoms with Crippen molar-refractivity contribution in [2.45, 2.75) is 25.7 Å². The Bertz CT molecular complexity index is 401.